The number of hydrogen-bond donors (Lipinski definition) is 2. The molecular formula is C15H26O2. The molecule has 0 heterocycles. The quantitative estimate of drug-likeness (QED) is 0.722. The number of rotatable bonds is 5. The van der Waals surface area contributed by atoms with Crippen LogP contribution in [0.4, 0.5) is 0 Å². The van der Waals surface area contributed by atoms with E-state index in [0.29, 0.717) is 18.8 Å². The van der Waals surface area contributed by atoms with Crippen molar-refractivity contribution in [1.82, 2.24) is 0 Å². The molecule has 3 atom stereocenters. The molecule has 1 rings (SSSR count). The largest absolute Gasteiger partial charge is 0.390 e. The number of hydrogen-bond acceptors (Lipinski definition) is 2. The van der Waals surface area contributed by atoms with E-state index in [1.54, 1.807) is 0 Å². The van der Waals surface area contributed by atoms with Crippen molar-refractivity contribution in [2.75, 3.05) is 0 Å². The molecule has 17 heavy (non-hydrogen) atoms. The monoisotopic (exact) mass is 238 g/mol. The molecule has 98 valence electrons. The third kappa shape index (κ3) is 4.29. The maximum absolute atomic E-state index is 10.5. The normalized spacial score (nSPS) is 25.9. The lowest BCUT2D eigenvalue weighted by Gasteiger charge is -2.35. The van der Waals surface area contributed by atoms with Gasteiger partial charge in [-0.3, -0.25) is 0 Å². The third-order valence-electron chi connectivity index (χ3n) is 4.01. The summed E-state index contributed by atoms with van der Waals surface area (Å²) in [5, 5.41) is 20.2. The minimum absolute atomic E-state index is 0.323. The van der Waals surface area contributed by atoms with Crippen LogP contribution in [0.25, 0.3) is 0 Å². The average molecular weight is 238 g/mol. The first-order chi connectivity index (χ1) is 7.83. The van der Waals surface area contributed by atoms with Crippen LogP contribution in [0.15, 0.2) is 23.8 Å². The molecule has 1 aliphatic carbocycles. The highest BCUT2D eigenvalue weighted by Gasteiger charge is 2.32. The second-order valence-electron chi connectivity index (χ2n) is 5.78. The highest BCUT2D eigenvalue weighted by atomic mass is 16.3. The fourth-order valence-corrected chi connectivity index (χ4v) is 2.41. The van der Waals surface area contributed by atoms with Crippen LogP contribution in [0.5, 0.6) is 0 Å². The van der Waals surface area contributed by atoms with Crippen molar-refractivity contribution in [3.05, 3.63) is 23.8 Å². The van der Waals surface area contributed by atoms with Crippen LogP contribution in [0, 0.1) is 5.92 Å². The molecule has 0 radical (unpaired) electrons. The summed E-state index contributed by atoms with van der Waals surface area (Å²) in [5.41, 5.74) is 1.53. The summed E-state index contributed by atoms with van der Waals surface area (Å²) in [4.78, 5) is 0. The molecular weight excluding hydrogens is 212 g/mol. The predicted octanol–water partition coefficient (Wildman–Crippen LogP) is 3.20. The molecule has 0 saturated carbocycles. The topological polar surface area (TPSA) is 40.5 Å². The van der Waals surface area contributed by atoms with Crippen LogP contribution >= 0.6 is 0 Å². The molecule has 0 aromatic carbocycles. The molecule has 0 fully saturated rings. The molecule has 2 heteroatoms. The van der Waals surface area contributed by atoms with E-state index >= 15 is 0 Å². The first-order valence-electron chi connectivity index (χ1n) is 6.54. The Labute approximate surface area is 105 Å². The average Bonchev–Trinajstić information content (AvgIpc) is 2.26. The van der Waals surface area contributed by atoms with Gasteiger partial charge in [0.2, 0.25) is 0 Å². The Kier molecular flexibility index (Phi) is 4.96. The second-order valence-corrected chi connectivity index (χ2v) is 5.78. The minimum atomic E-state index is -0.673. The van der Waals surface area contributed by atoms with Crippen molar-refractivity contribution >= 4 is 0 Å². The van der Waals surface area contributed by atoms with Crippen molar-refractivity contribution in [2.45, 2.75) is 64.6 Å². The zero-order valence-electron chi connectivity index (χ0n) is 11.4. The molecule has 0 aromatic heterocycles. The first-order valence-corrected chi connectivity index (χ1v) is 6.54. The van der Waals surface area contributed by atoms with E-state index in [-0.39, 0.29) is 0 Å². The van der Waals surface area contributed by atoms with Gasteiger partial charge in [0, 0.05) is 0 Å². The second kappa shape index (κ2) is 5.83. The Morgan fingerprint density at radius 2 is 2.29 bits per heavy atom. The van der Waals surface area contributed by atoms with Gasteiger partial charge in [-0.1, -0.05) is 23.8 Å². The van der Waals surface area contributed by atoms with Crippen molar-refractivity contribution in [3.8, 4) is 0 Å². The Hall–Kier alpha value is -0.600. The highest BCUT2D eigenvalue weighted by molar-refractivity contribution is 5.06. The Morgan fingerprint density at radius 3 is 2.76 bits per heavy atom. The van der Waals surface area contributed by atoms with E-state index in [9.17, 15) is 10.2 Å². The van der Waals surface area contributed by atoms with Crippen LogP contribution in [-0.2, 0) is 0 Å². The van der Waals surface area contributed by atoms with Gasteiger partial charge in [-0.15, -0.1) is 0 Å². The zero-order valence-corrected chi connectivity index (χ0v) is 11.4. The van der Waals surface area contributed by atoms with Crippen LogP contribution in [0.3, 0.4) is 0 Å². The van der Waals surface area contributed by atoms with E-state index in [4.69, 9.17) is 0 Å². The predicted molar refractivity (Wildman–Crippen MR) is 71.8 cm³/mol. The van der Waals surface area contributed by atoms with Gasteiger partial charge in [-0.2, -0.15) is 0 Å². The summed E-state index contributed by atoms with van der Waals surface area (Å²) in [6.45, 7) is 9.61. The summed E-state index contributed by atoms with van der Waals surface area (Å²) >= 11 is 0. The number of aliphatic hydroxyl groups excluding tert-OH is 1. The number of allylic oxidation sites excluding steroid dienone is 2. The molecule has 2 N–H and O–H groups in total. The Balaban J connectivity index is 2.48. The fourth-order valence-electron chi connectivity index (χ4n) is 2.41. The summed E-state index contributed by atoms with van der Waals surface area (Å²) in [6, 6.07) is 0. The van der Waals surface area contributed by atoms with Gasteiger partial charge in [-0.25, -0.2) is 0 Å². The third-order valence-corrected chi connectivity index (χ3v) is 4.01. The van der Waals surface area contributed by atoms with E-state index in [1.165, 1.54) is 5.57 Å². The summed E-state index contributed by atoms with van der Waals surface area (Å²) in [5.74, 6) is 0.323. The molecule has 0 aliphatic heterocycles. The molecule has 0 saturated heterocycles. The van der Waals surface area contributed by atoms with Gasteiger partial charge >= 0.3 is 0 Å². The SMILES string of the molecule is C=C(C)C(O)CCC(C)(O)C1CC=C(C)CC1. The van der Waals surface area contributed by atoms with Gasteiger partial charge in [0.15, 0.2) is 0 Å². The lowest BCUT2D eigenvalue weighted by atomic mass is 9.76. The molecule has 0 spiro atoms. The van der Waals surface area contributed by atoms with Crippen molar-refractivity contribution in [1.29, 1.82) is 0 Å². The van der Waals surface area contributed by atoms with Gasteiger partial charge in [-0.05, 0) is 58.8 Å². The smallest absolute Gasteiger partial charge is 0.0745 e. The lowest BCUT2D eigenvalue weighted by molar-refractivity contribution is -0.0216. The van der Waals surface area contributed by atoms with Gasteiger partial charge < -0.3 is 10.2 Å². The van der Waals surface area contributed by atoms with Gasteiger partial charge in [0.05, 0.1) is 11.7 Å². The van der Waals surface area contributed by atoms with E-state index in [0.717, 1.165) is 24.8 Å². The number of aliphatic hydroxyl groups is 2. The first kappa shape index (κ1) is 14.5. The van der Waals surface area contributed by atoms with Gasteiger partial charge in [0.25, 0.3) is 0 Å². The standard InChI is InChI=1S/C15H26O2/c1-11(2)14(16)9-10-15(4,17)13-7-5-12(3)6-8-13/h5,13-14,16-17H,1,6-10H2,2-4H3. The van der Waals surface area contributed by atoms with E-state index in [1.807, 2.05) is 13.8 Å². The maximum atomic E-state index is 10.5. The molecule has 0 aromatic rings. The summed E-state index contributed by atoms with van der Waals surface area (Å²) in [6.07, 6.45) is 6.09. The van der Waals surface area contributed by atoms with Gasteiger partial charge in [0.1, 0.15) is 0 Å². The van der Waals surface area contributed by atoms with Crippen LogP contribution in [0.1, 0.15) is 52.9 Å². The molecule has 0 bridgehead atoms. The summed E-state index contributed by atoms with van der Waals surface area (Å²) < 4.78 is 0. The van der Waals surface area contributed by atoms with Crippen LogP contribution in [-0.4, -0.2) is 21.9 Å². The lowest BCUT2D eigenvalue weighted by Crippen LogP contribution is -2.36. The van der Waals surface area contributed by atoms with Crippen molar-refractivity contribution < 1.29 is 10.2 Å². The fraction of sp³-hybridized carbons (Fsp3) is 0.733. The molecule has 0 amide bonds. The maximum Gasteiger partial charge on any atom is 0.0745 e. The summed E-state index contributed by atoms with van der Waals surface area (Å²) in [7, 11) is 0. The highest BCUT2D eigenvalue weighted by Crippen LogP contribution is 2.35. The van der Waals surface area contributed by atoms with Crippen molar-refractivity contribution in [2.24, 2.45) is 5.92 Å². The minimum Gasteiger partial charge on any atom is -0.390 e. The van der Waals surface area contributed by atoms with E-state index in [2.05, 4.69) is 19.6 Å². The Bertz CT molecular complexity index is 302. The molecule has 3 unspecified atom stereocenters. The molecule has 2 nitrogen and oxygen atoms in total. The van der Waals surface area contributed by atoms with Crippen molar-refractivity contribution in [3.63, 3.8) is 0 Å². The van der Waals surface area contributed by atoms with Crippen LogP contribution < -0.4 is 0 Å². The molecule has 1 aliphatic rings. The van der Waals surface area contributed by atoms with E-state index < -0.39 is 11.7 Å². The van der Waals surface area contributed by atoms with Crippen LogP contribution in [0.2, 0.25) is 0 Å². The Morgan fingerprint density at radius 1 is 1.65 bits per heavy atom. The zero-order chi connectivity index (χ0) is 13.1.